The van der Waals surface area contributed by atoms with Gasteiger partial charge in [-0.1, -0.05) is 18.5 Å². The molecule has 100 valence electrons. The van der Waals surface area contributed by atoms with Crippen molar-refractivity contribution in [2.45, 2.75) is 46.1 Å². The molecule has 5 heteroatoms. The van der Waals surface area contributed by atoms with E-state index in [9.17, 15) is 0 Å². The second-order valence-electron chi connectivity index (χ2n) is 4.90. The van der Waals surface area contributed by atoms with Crippen LogP contribution in [0.2, 0.25) is 0 Å². The Balaban J connectivity index is 1.85. The zero-order valence-electron chi connectivity index (χ0n) is 11.2. The molecule has 1 fully saturated rings. The van der Waals surface area contributed by atoms with E-state index in [0.29, 0.717) is 12.5 Å². The Morgan fingerprint density at radius 2 is 2.33 bits per heavy atom. The fourth-order valence-electron chi connectivity index (χ4n) is 2.08. The fraction of sp³-hybridized carbons (Fsp3) is 0.692. The van der Waals surface area contributed by atoms with E-state index in [4.69, 9.17) is 10.3 Å². The molecule has 1 heterocycles. The van der Waals surface area contributed by atoms with Gasteiger partial charge < -0.3 is 15.6 Å². The lowest BCUT2D eigenvalue weighted by molar-refractivity contribution is 0.315. The first-order chi connectivity index (χ1) is 8.70. The maximum absolute atomic E-state index is 5.85. The molecule has 18 heavy (non-hydrogen) atoms. The normalized spacial score (nSPS) is 16.7. The first kappa shape index (κ1) is 12.9. The molecular weight excluding hydrogens is 228 g/mol. The molecule has 1 saturated carbocycles. The molecular formula is C13H22N4O. The fourth-order valence-corrected chi connectivity index (χ4v) is 2.08. The van der Waals surface area contributed by atoms with E-state index in [1.165, 1.54) is 19.3 Å². The number of hydrogen-bond donors (Lipinski definition) is 2. The van der Waals surface area contributed by atoms with Gasteiger partial charge in [0, 0.05) is 12.1 Å². The quantitative estimate of drug-likeness (QED) is 0.616. The highest BCUT2D eigenvalue weighted by Crippen LogP contribution is 2.25. The Hall–Kier alpha value is -1.52. The average molecular weight is 250 g/mol. The first-order valence-electron chi connectivity index (χ1n) is 6.68. The van der Waals surface area contributed by atoms with E-state index in [1.54, 1.807) is 0 Å². The highest BCUT2D eigenvalue weighted by molar-refractivity contribution is 5.77. The predicted octanol–water partition coefficient (Wildman–Crippen LogP) is 1.75. The average Bonchev–Trinajstić information content (AvgIpc) is 2.65. The van der Waals surface area contributed by atoms with Crippen LogP contribution in [0.4, 0.5) is 0 Å². The molecule has 0 amide bonds. The molecule has 5 nitrogen and oxygen atoms in total. The van der Waals surface area contributed by atoms with E-state index in [2.05, 4.69) is 22.4 Å². The van der Waals surface area contributed by atoms with E-state index in [1.807, 2.05) is 6.92 Å². The zero-order valence-corrected chi connectivity index (χ0v) is 11.2. The number of aryl methyl sites for hydroxylation is 2. The van der Waals surface area contributed by atoms with Crippen molar-refractivity contribution in [3.8, 4) is 0 Å². The van der Waals surface area contributed by atoms with Crippen molar-refractivity contribution < 1.29 is 4.52 Å². The molecule has 2 rings (SSSR count). The lowest BCUT2D eigenvalue weighted by Gasteiger charge is -2.25. The number of nitrogens with zero attached hydrogens (tertiary/aromatic N) is 2. The second-order valence-corrected chi connectivity index (χ2v) is 4.90. The summed E-state index contributed by atoms with van der Waals surface area (Å²) in [4.78, 5) is 4.35. The predicted molar refractivity (Wildman–Crippen MR) is 71.3 cm³/mol. The lowest BCUT2D eigenvalue weighted by atomic mass is 9.85. The van der Waals surface area contributed by atoms with E-state index in [-0.39, 0.29) is 0 Å². The lowest BCUT2D eigenvalue weighted by Crippen LogP contribution is -2.37. The monoisotopic (exact) mass is 250 g/mol. The largest absolute Gasteiger partial charge is 0.370 e. The van der Waals surface area contributed by atoms with E-state index in [0.717, 1.165) is 35.9 Å². The van der Waals surface area contributed by atoms with Gasteiger partial charge in [-0.3, -0.25) is 0 Å². The zero-order chi connectivity index (χ0) is 13.0. The molecule has 1 aromatic heterocycles. The van der Waals surface area contributed by atoms with Crippen molar-refractivity contribution in [3.05, 3.63) is 17.0 Å². The van der Waals surface area contributed by atoms with Crippen molar-refractivity contribution in [1.29, 1.82) is 0 Å². The van der Waals surface area contributed by atoms with E-state index >= 15 is 0 Å². The van der Waals surface area contributed by atoms with Crippen LogP contribution in [-0.4, -0.2) is 17.7 Å². The molecule has 1 aliphatic rings. The summed E-state index contributed by atoms with van der Waals surface area (Å²) in [6.45, 7) is 5.46. The number of nitrogens with one attached hydrogen (secondary N) is 1. The smallest absolute Gasteiger partial charge is 0.188 e. The van der Waals surface area contributed by atoms with Gasteiger partial charge in [-0.15, -0.1) is 0 Å². The molecule has 3 N–H and O–H groups in total. The van der Waals surface area contributed by atoms with Crippen molar-refractivity contribution in [2.24, 2.45) is 16.6 Å². The molecule has 0 aromatic carbocycles. The minimum absolute atomic E-state index is 0.518. The van der Waals surface area contributed by atoms with Crippen molar-refractivity contribution in [1.82, 2.24) is 10.5 Å². The van der Waals surface area contributed by atoms with Crippen LogP contribution in [0.5, 0.6) is 0 Å². The molecule has 0 radical (unpaired) electrons. The highest BCUT2D eigenvalue weighted by atomic mass is 16.5. The van der Waals surface area contributed by atoms with Crippen LogP contribution in [-0.2, 0) is 13.0 Å². The van der Waals surface area contributed by atoms with Crippen LogP contribution in [0, 0.1) is 12.8 Å². The number of guanidine groups is 1. The Kier molecular flexibility index (Phi) is 4.23. The summed E-state index contributed by atoms with van der Waals surface area (Å²) in [5.74, 6) is 2.13. The van der Waals surface area contributed by atoms with Crippen LogP contribution in [0.15, 0.2) is 9.52 Å². The van der Waals surface area contributed by atoms with Crippen molar-refractivity contribution in [3.63, 3.8) is 0 Å². The van der Waals surface area contributed by atoms with Gasteiger partial charge in [0.15, 0.2) is 5.96 Å². The van der Waals surface area contributed by atoms with Gasteiger partial charge in [0.25, 0.3) is 0 Å². The first-order valence-corrected chi connectivity index (χ1v) is 6.68. The molecule has 1 aliphatic carbocycles. The summed E-state index contributed by atoms with van der Waals surface area (Å²) in [6, 6.07) is 0. The van der Waals surface area contributed by atoms with Crippen LogP contribution in [0.3, 0.4) is 0 Å². The van der Waals surface area contributed by atoms with Gasteiger partial charge in [0.05, 0.1) is 12.2 Å². The summed E-state index contributed by atoms with van der Waals surface area (Å²) in [5, 5.41) is 7.18. The van der Waals surface area contributed by atoms with Crippen LogP contribution in [0.25, 0.3) is 0 Å². The number of hydrogen-bond acceptors (Lipinski definition) is 3. The third-order valence-electron chi connectivity index (χ3n) is 3.61. The maximum Gasteiger partial charge on any atom is 0.188 e. The molecule has 0 unspecified atom stereocenters. The summed E-state index contributed by atoms with van der Waals surface area (Å²) in [6.07, 6.45) is 4.83. The van der Waals surface area contributed by atoms with Crippen LogP contribution in [0.1, 0.15) is 43.2 Å². The number of nitrogens with two attached hydrogens (primary N) is 1. The highest BCUT2D eigenvalue weighted by Gasteiger charge is 2.17. The van der Waals surface area contributed by atoms with Crippen LogP contribution < -0.4 is 11.1 Å². The van der Waals surface area contributed by atoms with Gasteiger partial charge in [-0.05, 0) is 32.1 Å². The van der Waals surface area contributed by atoms with Gasteiger partial charge in [-0.25, -0.2) is 4.99 Å². The Labute approximate surface area is 108 Å². The Morgan fingerprint density at radius 3 is 2.94 bits per heavy atom. The van der Waals surface area contributed by atoms with Gasteiger partial charge in [0.2, 0.25) is 0 Å². The third-order valence-corrected chi connectivity index (χ3v) is 3.61. The third kappa shape index (κ3) is 3.03. The van der Waals surface area contributed by atoms with Gasteiger partial charge >= 0.3 is 0 Å². The number of aromatic nitrogens is 1. The molecule has 1 aromatic rings. The summed E-state index contributed by atoms with van der Waals surface area (Å²) in [5.41, 5.74) is 7.88. The summed E-state index contributed by atoms with van der Waals surface area (Å²) < 4.78 is 5.16. The summed E-state index contributed by atoms with van der Waals surface area (Å²) in [7, 11) is 0. The van der Waals surface area contributed by atoms with E-state index < -0.39 is 0 Å². The number of rotatable bonds is 5. The molecule has 0 saturated heterocycles. The van der Waals surface area contributed by atoms with Gasteiger partial charge in [0.1, 0.15) is 5.76 Å². The maximum atomic E-state index is 5.85. The number of aliphatic imine (C=N–C) groups is 1. The second kappa shape index (κ2) is 5.89. The minimum Gasteiger partial charge on any atom is -0.370 e. The van der Waals surface area contributed by atoms with Crippen molar-refractivity contribution in [2.75, 3.05) is 6.54 Å². The van der Waals surface area contributed by atoms with Gasteiger partial charge in [-0.2, -0.15) is 0 Å². The Morgan fingerprint density at radius 1 is 1.56 bits per heavy atom. The van der Waals surface area contributed by atoms with Crippen LogP contribution >= 0.6 is 0 Å². The molecule has 0 atom stereocenters. The minimum atomic E-state index is 0.518. The molecule has 0 aliphatic heterocycles. The Bertz CT molecular complexity index is 421. The summed E-state index contributed by atoms with van der Waals surface area (Å²) >= 11 is 0. The van der Waals surface area contributed by atoms with Crippen molar-refractivity contribution >= 4 is 5.96 Å². The standard InChI is InChI=1S/C13H22N4O/c1-3-12-11(9(2)18-17-12)8-16-13(14)15-7-10-5-4-6-10/h10H,3-8H2,1-2H3,(H3,14,15,16). The molecule has 0 bridgehead atoms. The molecule has 0 spiro atoms. The SMILES string of the molecule is CCc1noc(C)c1CN=C(N)NCC1CCC1. The topological polar surface area (TPSA) is 76.4 Å².